The van der Waals surface area contributed by atoms with Crippen LogP contribution in [0.1, 0.15) is 10.4 Å². The molecule has 1 heterocycles. The van der Waals surface area contributed by atoms with Crippen LogP contribution in [0.2, 0.25) is 0 Å². The second kappa shape index (κ2) is 4.26. The number of carbonyl (C=O) groups is 1. The summed E-state index contributed by atoms with van der Waals surface area (Å²) in [6, 6.07) is 1.58. The van der Waals surface area contributed by atoms with Crippen LogP contribution in [-0.4, -0.2) is 11.7 Å². The summed E-state index contributed by atoms with van der Waals surface area (Å²) in [6.07, 6.45) is 0. The lowest BCUT2D eigenvalue weighted by molar-refractivity contribution is 0.100. The van der Waals surface area contributed by atoms with Crippen LogP contribution >= 0.6 is 22.9 Å². The maximum absolute atomic E-state index is 10.9. The van der Waals surface area contributed by atoms with Gasteiger partial charge in [-0.25, -0.2) is 0 Å². The maximum atomic E-state index is 10.9. The summed E-state index contributed by atoms with van der Waals surface area (Å²) in [6.45, 7) is 3.38. The number of hydrogen-bond acceptors (Lipinski definition) is 3. The van der Waals surface area contributed by atoms with Gasteiger partial charge in [-0.2, -0.15) is 0 Å². The first kappa shape index (κ1) is 10.7. The Morgan fingerprint density at radius 3 is 2.86 bits per heavy atom. The molecule has 0 aliphatic rings. The minimum atomic E-state index is -0.540. The van der Waals surface area contributed by atoms with E-state index in [2.05, 4.69) is 11.9 Å². The van der Waals surface area contributed by atoms with Crippen LogP contribution in [0.4, 0.5) is 5.00 Å². The summed E-state index contributed by atoms with van der Waals surface area (Å²) < 4.78 is 0. The molecule has 1 amide bonds. The smallest absolute Gasteiger partial charge is 0.251 e. The molecule has 14 heavy (non-hydrogen) atoms. The Kier molecular flexibility index (Phi) is 3.27. The Bertz CT molecular complexity index is 399. The van der Waals surface area contributed by atoms with Crippen molar-refractivity contribution in [1.82, 2.24) is 0 Å². The molecule has 0 spiro atoms. The monoisotopic (exact) mass is 229 g/mol. The van der Waals surface area contributed by atoms with Crippen LogP contribution in [0.3, 0.4) is 0 Å². The Morgan fingerprint density at radius 2 is 2.36 bits per heavy atom. The van der Waals surface area contributed by atoms with Crippen LogP contribution < -0.4 is 11.1 Å². The number of thiophene rings is 1. The number of halogens is 1. The van der Waals surface area contributed by atoms with E-state index in [9.17, 15) is 4.79 Å². The van der Waals surface area contributed by atoms with E-state index in [-0.39, 0.29) is 10.9 Å². The summed E-state index contributed by atoms with van der Waals surface area (Å²) in [4.78, 5) is 10.9. The van der Waals surface area contributed by atoms with E-state index in [0.717, 1.165) is 0 Å². The fraction of sp³-hybridized carbons (Fsp3) is 0. The molecule has 4 nitrogen and oxygen atoms in total. The van der Waals surface area contributed by atoms with E-state index < -0.39 is 5.91 Å². The van der Waals surface area contributed by atoms with Crippen LogP contribution in [0.25, 0.3) is 0 Å². The van der Waals surface area contributed by atoms with Gasteiger partial charge in [0.15, 0.2) is 0 Å². The number of nitrogens with two attached hydrogens (primary N) is 1. The van der Waals surface area contributed by atoms with Crippen molar-refractivity contribution in [1.29, 1.82) is 5.41 Å². The highest BCUT2D eigenvalue weighted by atomic mass is 35.5. The number of rotatable bonds is 3. The minimum Gasteiger partial charge on any atom is -0.366 e. The quantitative estimate of drug-likeness (QED) is 0.548. The van der Waals surface area contributed by atoms with Gasteiger partial charge in [0.25, 0.3) is 5.91 Å². The molecular formula is C8H8ClN3OS. The molecule has 0 saturated carbocycles. The number of carbonyl (C=O) groups excluding carboxylic acids is 1. The molecule has 0 saturated heterocycles. The number of nitrogens with one attached hydrogen (secondary N) is 2. The molecule has 0 atom stereocenters. The van der Waals surface area contributed by atoms with E-state index in [0.29, 0.717) is 10.6 Å². The Balaban J connectivity index is 2.87. The van der Waals surface area contributed by atoms with Crippen molar-refractivity contribution in [2.75, 3.05) is 5.32 Å². The number of hydrogen-bond donors (Lipinski definition) is 3. The molecule has 0 unspecified atom stereocenters. The average molecular weight is 230 g/mol. The van der Waals surface area contributed by atoms with Crippen molar-refractivity contribution in [2.45, 2.75) is 0 Å². The third-order valence-electron chi connectivity index (χ3n) is 1.44. The molecule has 0 aliphatic heterocycles. The summed E-state index contributed by atoms with van der Waals surface area (Å²) in [5.74, 6) is -0.585. The molecule has 0 bridgehead atoms. The summed E-state index contributed by atoms with van der Waals surface area (Å²) >= 11 is 6.76. The highest BCUT2D eigenvalue weighted by Crippen LogP contribution is 2.23. The largest absolute Gasteiger partial charge is 0.366 e. The lowest BCUT2D eigenvalue weighted by Crippen LogP contribution is -2.15. The third kappa shape index (κ3) is 2.34. The van der Waals surface area contributed by atoms with Gasteiger partial charge in [0.05, 0.1) is 10.6 Å². The zero-order chi connectivity index (χ0) is 10.7. The van der Waals surface area contributed by atoms with Crippen LogP contribution in [-0.2, 0) is 0 Å². The molecule has 74 valence electrons. The topological polar surface area (TPSA) is 79.0 Å². The van der Waals surface area contributed by atoms with Gasteiger partial charge < -0.3 is 11.1 Å². The first-order valence-corrected chi connectivity index (χ1v) is 4.85. The minimum absolute atomic E-state index is 0.0448. The maximum Gasteiger partial charge on any atom is 0.251 e. The van der Waals surface area contributed by atoms with Crippen molar-refractivity contribution in [2.24, 2.45) is 5.73 Å². The zero-order valence-electron chi connectivity index (χ0n) is 7.13. The molecule has 0 aromatic carbocycles. The molecule has 0 fully saturated rings. The van der Waals surface area contributed by atoms with E-state index >= 15 is 0 Å². The first-order valence-electron chi connectivity index (χ1n) is 3.60. The standard InChI is InChI=1S/C8H8ClN3OS/c1-4(9)6(10)12-8-5(7(11)13)2-3-14-8/h2-3H,1H2,(H2,10,12)(H2,11,13). The second-order valence-electron chi connectivity index (χ2n) is 2.43. The number of amides is 1. The normalized spacial score (nSPS) is 9.50. The van der Waals surface area contributed by atoms with Crippen molar-refractivity contribution in [3.8, 4) is 0 Å². The summed E-state index contributed by atoms with van der Waals surface area (Å²) in [7, 11) is 0. The highest BCUT2D eigenvalue weighted by molar-refractivity contribution is 7.14. The van der Waals surface area contributed by atoms with Crippen molar-refractivity contribution >= 4 is 39.7 Å². The molecular weight excluding hydrogens is 222 g/mol. The van der Waals surface area contributed by atoms with Crippen molar-refractivity contribution < 1.29 is 4.79 Å². The van der Waals surface area contributed by atoms with Gasteiger partial charge in [-0.05, 0) is 11.4 Å². The SMILES string of the molecule is C=C(Cl)C(=N)Nc1sccc1C(N)=O. The lowest BCUT2D eigenvalue weighted by atomic mass is 10.3. The van der Waals surface area contributed by atoms with Crippen molar-refractivity contribution in [3.63, 3.8) is 0 Å². The van der Waals surface area contributed by atoms with E-state index in [1.807, 2.05) is 0 Å². The van der Waals surface area contributed by atoms with Gasteiger partial charge in [0.2, 0.25) is 0 Å². The van der Waals surface area contributed by atoms with Gasteiger partial charge in [-0.15, -0.1) is 11.3 Å². The summed E-state index contributed by atoms with van der Waals surface area (Å²) in [5, 5.41) is 12.3. The Hall–Kier alpha value is -1.33. The number of amidine groups is 1. The van der Waals surface area contributed by atoms with E-state index in [1.54, 1.807) is 11.4 Å². The van der Waals surface area contributed by atoms with Gasteiger partial charge in [-0.1, -0.05) is 18.2 Å². The first-order chi connectivity index (χ1) is 6.52. The molecule has 4 N–H and O–H groups in total. The predicted molar refractivity (Wildman–Crippen MR) is 59.2 cm³/mol. The average Bonchev–Trinajstić information content (AvgIpc) is 2.52. The fourth-order valence-electron chi connectivity index (χ4n) is 0.781. The molecule has 1 aromatic rings. The van der Waals surface area contributed by atoms with Gasteiger partial charge in [0, 0.05) is 0 Å². The predicted octanol–water partition coefficient (Wildman–Crippen LogP) is 1.99. The van der Waals surface area contributed by atoms with E-state index in [4.69, 9.17) is 22.7 Å². The number of primary amides is 1. The van der Waals surface area contributed by atoms with Crippen LogP contribution in [0.5, 0.6) is 0 Å². The van der Waals surface area contributed by atoms with Gasteiger partial charge in [0.1, 0.15) is 10.8 Å². The lowest BCUT2D eigenvalue weighted by Gasteiger charge is -2.04. The zero-order valence-corrected chi connectivity index (χ0v) is 8.71. The van der Waals surface area contributed by atoms with Gasteiger partial charge >= 0.3 is 0 Å². The highest BCUT2D eigenvalue weighted by Gasteiger charge is 2.11. The third-order valence-corrected chi connectivity index (χ3v) is 2.46. The Labute approximate surface area is 89.9 Å². The Morgan fingerprint density at radius 1 is 1.71 bits per heavy atom. The fourth-order valence-corrected chi connectivity index (χ4v) is 1.63. The molecule has 0 radical (unpaired) electrons. The number of anilines is 1. The summed E-state index contributed by atoms with van der Waals surface area (Å²) in [5.41, 5.74) is 5.46. The second-order valence-corrected chi connectivity index (χ2v) is 3.80. The molecule has 1 aromatic heterocycles. The molecule has 6 heteroatoms. The molecule has 1 rings (SSSR count). The van der Waals surface area contributed by atoms with Gasteiger partial charge in [-0.3, -0.25) is 10.2 Å². The van der Waals surface area contributed by atoms with E-state index in [1.165, 1.54) is 11.3 Å². The van der Waals surface area contributed by atoms with Crippen molar-refractivity contribution in [3.05, 3.63) is 28.6 Å². The van der Waals surface area contributed by atoms with Crippen LogP contribution in [0.15, 0.2) is 23.1 Å². The molecule has 0 aliphatic carbocycles. The van der Waals surface area contributed by atoms with Crippen LogP contribution in [0, 0.1) is 5.41 Å².